The molecular weight excluding hydrogens is 439 g/mol. The molecule has 7 nitrogen and oxygen atoms in total. The summed E-state index contributed by atoms with van der Waals surface area (Å²) in [6.45, 7) is 1.96. The SMILES string of the molecule is COc1cc([C@@H]2CN(C(=O)c3ccccc3F)C[C@@H]2C(=O)N2CCCCC2)cc(OC)c1OC. The number of hydrogen-bond acceptors (Lipinski definition) is 5. The van der Waals surface area contributed by atoms with Crippen molar-refractivity contribution in [1.29, 1.82) is 0 Å². The summed E-state index contributed by atoms with van der Waals surface area (Å²) in [4.78, 5) is 30.3. The number of hydrogen-bond donors (Lipinski definition) is 0. The Labute approximate surface area is 199 Å². The molecule has 0 saturated carbocycles. The first-order chi connectivity index (χ1) is 16.5. The van der Waals surface area contributed by atoms with Gasteiger partial charge >= 0.3 is 0 Å². The molecule has 2 aliphatic rings. The summed E-state index contributed by atoms with van der Waals surface area (Å²) in [6, 6.07) is 9.61. The second-order valence-electron chi connectivity index (χ2n) is 8.75. The summed E-state index contributed by atoms with van der Waals surface area (Å²) in [5.41, 5.74) is 0.825. The summed E-state index contributed by atoms with van der Waals surface area (Å²) in [5.74, 6) is -0.255. The van der Waals surface area contributed by atoms with Crippen LogP contribution in [0.3, 0.4) is 0 Å². The molecule has 0 aliphatic carbocycles. The number of amides is 2. The molecule has 0 radical (unpaired) electrons. The normalized spacial score (nSPS) is 20.2. The molecule has 2 aromatic rings. The molecule has 182 valence electrons. The third-order valence-electron chi connectivity index (χ3n) is 6.81. The lowest BCUT2D eigenvalue weighted by Crippen LogP contribution is -2.42. The molecule has 2 amide bonds. The first kappa shape index (κ1) is 23.9. The van der Waals surface area contributed by atoms with Gasteiger partial charge in [-0.05, 0) is 49.1 Å². The quantitative estimate of drug-likeness (QED) is 0.644. The Kier molecular flexibility index (Phi) is 7.24. The third kappa shape index (κ3) is 4.54. The van der Waals surface area contributed by atoms with Crippen LogP contribution in [0.5, 0.6) is 17.2 Å². The van der Waals surface area contributed by atoms with Crippen molar-refractivity contribution in [2.24, 2.45) is 5.92 Å². The van der Waals surface area contributed by atoms with Gasteiger partial charge in [0.15, 0.2) is 11.5 Å². The fourth-order valence-electron chi connectivity index (χ4n) is 5.03. The summed E-state index contributed by atoms with van der Waals surface area (Å²) in [7, 11) is 4.62. The number of benzene rings is 2. The second kappa shape index (κ2) is 10.3. The van der Waals surface area contributed by atoms with Crippen LogP contribution in [0.4, 0.5) is 4.39 Å². The van der Waals surface area contributed by atoms with E-state index in [1.165, 1.54) is 19.2 Å². The maximum Gasteiger partial charge on any atom is 0.256 e. The highest BCUT2D eigenvalue weighted by Crippen LogP contribution is 2.44. The van der Waals surface area contributed by atoms with Crippen LogP contribution in [0.2, 0.25) is 0 Å². The lowest BCUT2D eigenvalue weighted by Gasteiger charge is -2.31. The van der Waals surface area contributed by atoms with E-state index in [-0.39, 0.29) is 30.5 Å². The van der Waals surface area contributed by atoms with Gasteiger partial charge in [0.2, 0.25) is 11.7 Å². The van der Waals surface area contributed by atoms with Gasteiger partial charge in [-0.3, -0.25) is 9.59 Å². The van der Waals surface area contributed by atoms with Crippen molar-refractivity contribution in [3.63, 3.8) is 0 Å². The van der Waals surface area contributed by atoms with Crippen molar-refractivity contribution >= 4 is 11.8 Å². The van der Waals surface area contributed by atoms with Crippen LogP contribution < -0.4 is 14.2 Å². The molecule has 2 aliphatic heterocycles. The largest absolute Gasteiger partial charge is 0.493 e. The Bertz CT molecular complexity index is 1030. The Balaban J connectivity index is 1.71. The molecule has 2 saturated heterocycles. The predicted octanol–water partition coefficient (Wildman–Crippen LogP) is 3.72. The standard InChI is InChI=1S/C26H31FN2O5/c1-32-22-13-17(14-23(33-2)24(22)34-3)19-15-29(25(30)18-9-5-6-10-21(18)27)16-20(19)26(31)28-11-7-4-8-12-28/h5-6,9-10,13-14,19-20H,4,7-8,11-12,15-16H2,1-3H3/t19-,20-/m0/s1. The number of halogens is 1. The minimum Gasteiger partial charge on any atom is -0.493 e. The second-order valence-corrected chi connectivity index (χ2v) is 8.75. The van der Waals surface area contributed by atoms with Crippen LogP contribution in [0.25, 0.3) is 0 Å². The Morgan fingerprint density at radius 1 is 0.882 bits per heavy atom. The van der Waals surface area contributed by atoms with E-state index in [0.717, 1.165) is 37.9 Å². The highest BCUT2D eigenvalue weighted by Gasteiger charge is 2.43. The van der Waals surface area contributed by atoms with Gasteiger partial charge in [-0.25, -0.2) is 4.39 Å². The lowest BCUT2D eigenvalue weighted by molar-refractivity contribution is -0.136. The monoisotopic (exact) mass is 470 g/mol. The van der Waals surface area contributed by atoms with E-state index in [1.54, 1.807) is 31.3 Å². The minimum atomic E-state index is -0.567. The van der Waals surface area contributed by atoms with Crippen LogP contribution in [0.15, 0.2) is 36.4 Å². The first-order valence-corrected chi connectivity index (χ1v) is 11.6. The number of piperidine rings is 1. The topological polar surface area (TPSA) is 68.3 Å². The Hall–Kier alpha value is -3.29. The average molecular weight is 471 g/mol. The molecule has 8 heteroatoms. The summed E-state index contributed by atoms with van der Waals surface area (Å²) < 4.78 is 30.9. The van der Waals surface area contributed by atoms with Crippen molar-refractivity contribution in [1.82, 2.24) is 9.80 Å². The minimum absolute atomic E-state index is 0.0113. The Morgan fingerprint density at radius 3 is 2.12 bits per heavy atom. The number of rotatable bonds is 6. The summed E-state index contributed by atoms with van der Waals surface area (Å²) >= 11 is 0. The van der Waals surface area contributed by atoms with E-state index in [0.29, 0.717) is 17.2 Å². The van der Waals surface area contributed by atoms with E-state index < -0.39 is 17.6 Å². The van der Waals surface area contributed by atoms with Crippen molar-refractivity contribution in [3.8, 4) is 17.2 Å². The predicted molar refractivity (Wildman–Crippen MR) is 125 cm³/mol. The van der Waals surface area contributed by atoms with Gasteiger partial charge < -0.3 is 24.0 Å². The number of methoxy groups -OCH3 is 3. The lowest BCUT2D eigenvalue weighted by atomic mass is 9.87. The molecule has 2 heterocycles. The van der Waals surface area contributed by atoms with Crippen molar-refractivity contribution in [3.05, 3.63) is 53.3 Å². The zero-order valence-corrected chi connectivity index (χ0v) is 19.9. The summed E-state index contributed by atoms with van der Waals surface area (Å²) in [6.07, 6.45) is 3.07. The number of nitrogens with zero attached hydrogens (tertiary/aromatic N) is 2. The smallest absolute Gasteiger partial charge is 0.256 e. The molecule has 4 rings (SSSR count). The molecule has 2 atom stereocenters. The van der Waals surface area contributed by atoms with Crippen molar-refractivity contribution < 1.29 is 28.2 Å². The molecule has 0 spiro atoms. The van der Waals surface area contributed by atoms with Gasteiger partial charge in [0, 0.05) is 32.1 Å². The van der Waals surface area contributed by atoms with Gasteiger partial charge in [0.05, 0.1) is 32.8 Å². The van der Waals surface area contributed by atoms with E-state index >= 15 is 0 Å². The van der Waals surface area contributed by atoms with Gasteiger partial charge in [-0.2, -0.15) is 0 Å². The van der Waals surface area contributed by atoms with Crippen LogP contribution in [0, 0.1) is 11.7 Å². The molecular formula is C26H31FN2O5. The fourth-order valence-corrected chi connectivity index (χ4v) is 5.03. The number of ether oxygens (including phenoxy) is 3. The van der Waals surface area contributed by atoms with E-state index in [4.69, 9.17) is 14.2 Å². The van der Waals surface area contributed by atoms with Crippen molar-refractivity contribution in [2.45, 2.75) is 25.2 Å². The molecule has 0 bridgehead atoms. The fraction of sp³-hybridized carbons (Fsp3) is 0.462. The van der Waals surface area contributed by atoms with Gasteiger partial charge in [0.25, 0.3) is 5.91 Å². The van der Waals surface area contributed by atoms with Gasteiger partial charge in [-0.15, -0.1) is 0 Å². The highest BCUT2D eigenvalue weighted by atomic mass is 19.1. The van der Waals surface area contributed by atoms with Crippen LogP contribution in [-0.4, -0.2) is 69.1 Å². The van der Waals surface area contributed by atoms with Crippen LogP contribution >= 0.6 is 0 Å². The Morgan fingerprint density at radius 2 is 1.53 bits per heavy atom. The van der Waals surface area contributed by atoms with Crippen LogP contribution in [-0.2, 0) is 4.79 Å². The highest BCUT2D eigenvalue weighted by molar-refractivity contribution is 5.95. The zero-order valence-electron chi connectivity index (χ0n) is 19.9. The zero-order chi connectivity index (χ0) is 24.2. The van der Waals surface area contributed by atoms with E-state index in [9.17, 15) is 14.0 Å². The molecule has 2 aromatic carbocycles. The molecule has 34 heavy (non-hydrogen) atoms. The maximum absolute atomic E-state index is 14.4. The number of carbonyl (C=O) groups excluding carboxylic acids is 2. The summed E-state index contributed by atoms with van der Waals surface area (Å²) in [5, 5.41) is 0. The van der Waals surface area contributed by atoms with Crippen molar-refractivity contribution in [2.75, 3.05) is 47.5 Å². The van der Waals surface area contributed by atoms with E-state index in [2.05, 4.69) is 0 Å². The average Bonchev–Trinajstić information content (AvgIpc) is 3.33. The molecule has 0 unspecified atom stereocenters. The maximum atomic E-state index is 14.4. The van der Waals surface area contributed by atoms with Crippen LogP contribution in [0.1, 0.15) is 41.1 Å². The molecule has 0 aromatic heterocycles. The molecule has 0 N–H and O–H groups in total. The van der Waals surface area contributed by atoms with Gasteiger partial charge in [0.1, 0.15) is 5.82 Å². The number of likely N-dealkylation sites (tertiary alicyclic amines) is 2. The number of carbonyl (C=O) groups is 2. The van der Waals surface area contributed by atoms with Gasteiger partial charge in [-0.1, -0.05) is 12.1 Å². The molecule has 2 fully saturated rings. The third-order valence-corrected chi connectivity index (χ3v) is 6.81. The first-order valence-electron chi connectivity index (χ1n) is 11.6. The van der Waals surface area contributed by atoms with E-state index in [1.807, 2.05) is 17.0 Å².